The van der Waals surface area contributed by atoms with Gasteiger partial charge in [-0.1, -0.05) is 18.2 Å². The lowest BCUT2D eigenvalue weighted by Gasteiger charge is -2.12. The molecule has 0 aliphatic heterocycles. The van der Waals surface area contributed by atoms with Crippen molar-refractivity contribution < 1.29 is 19.2 Å². The van der Waals surface area contributed by atoms with E-state index < -0.39 is 10.8 Å². The lowest BCUT2D eigenvalue weighted by Crippen LogP contribution is -2.37. The number of hydrogen-bond donors (Lipinski definition) is 2. The number of nitro groups is 1. The monoisotopic (exact) mass is 375 g/mol. The van der Waals surface area contributed by atoms with Gasteiger partial charge in [-0.3, -0.25) is 20.2 Å². The Bertz CT molecular complexity index is 841. The number of hydrogen-bond acceptors (Lipinski definition) is 6. The van der Waals surface area contributed by atoms with E-state index in [2.05, 4.69) is 10.6 Å². The zero-order chi connectivity index (χ0) is 19.1. The van der Waals surface area contributed by atoms with E-state index in [9.17, 15) is 14.9 Å². The van der Waals surface area contributed by atoms with Gasteiger partial charge in [-0.15, -0.1) is 0 Å². The van der Waals surface area contributed by atoms with Crippen LogP contribution in [0.1, 0.15) is 5.56 Å². The average Bonchev–Trinajstić information content (AvgIpc) is 2.60. The lowest BCUT2D eigenvalue weighted by atomic mass is 10.2. The summed E-state index contributed by atoms with van der Waals surface area (Å²) in [6.45, 7) is 1.66. The minimum absolute atomic E-state index is 0.00264. The molecular formula is C17H17N3O5S. The number of aryl methyl sites for hydroxylation is 1. The van der Waals surface area contributed by atoms with Crippen LogP contribution >= 0.6 is 12.2 Å². The topological polar surface area (TPSA) is 103 Å². The van der Waals surface area contributed by atoms with E-state index in [0.717, 1.165) is 5.56 Å². The Balaban J connectivity index is 1.92. The molecule has 0 radical (unpaired) electrons. The van der Waals surface area contributed by atoms with E-state index in [1.54, 1.807) is 12.1 Å². The van der Waals surface area contributed by atoms with Crippen molar-refractivity contribution in [3.05, 3.63) is 58.1 Å². The van der Waals surface area contributed by atoms with Gasteiger partial charge in [-0.05, 0) is 42.9 Å². The van der Waals surface area contributed by atoms with Crippen molar-refractivity contribution >= 4 is 34.6 Å². The number of benzene rings is 2. The number of nitro benzene ring substituents is 1. The van der Waals surface area contributed by atoms with Crippen molar-refractivity contribution in [3.8, 4) is 11.5 Å². The molecule has 8 nitrogen and oxygen atoms in total. The Morgan fingerprint density at radius 1 is 1.23 bits per heavy atom. The fraction of sp³-hybridized carbons (Fsp3) is 0.176. The van der Waals surface area contributed by atoms with Gasteiger partial charge in [-0.25, -0.2) is 0 Å². The summed E-state index contributed by atoms with van der Waals surface area (Å²) in [5.41, 5.74) is 1.05. The number of anilines is 1. The Hall–Kier alpha value is -3.20. The molecule has 0 aliphatic carbocycles. The van der Waals surface area contributed by atoms with Crippen LogP contribution < -0.4 is 20.1 Å². The molecule has 136 valence electrons. The van der Waals surface area contributed by atoms with Crippen molar-refractivity contribution in [1.29, 1.82) is 0 Å². The lowest BCUT2D eigenvalue weighted by molar-refractivity contribution is -0.385. The third-order valence-electron chi connectivity index (χ3n) is 3.34. The summed E-state index contributed by atoms with van der Waals surface area (Å²) in [7, 11) is 1.34. The first-order valence-corrected chi connectivity index (χ1v) is 7.93. The van der Waals surface area contributed by atoms with Gasteiger partial charge in [0.25, 0.3) is 5.91 Å². The number of rotatable bonds is 6. The number of para-hydroxylation sites is 1. The number of thiocarbonyl (C=S) groups is 1. The van der Waals surface area contributed by atoms with Gasteiger partial charge in [0.1, 0.15) is 5.75 Å². The Morgan fingerprint density at radius 3 is 2.62 bits per heavy atom. The number of amides is 1. The third-order valence-corrected chi connectivity index (χ3v) is 3.54. The fourth-order valence-electron chi connectivity index (χ4n) is 2.10. The predicted molar refractivity (Wildman–Crippen MR) is 101 cm³/mol. The fourth-order valence-corrected chi connectivity index (χ4v) is 2.33. The summed E-state index contributed by atoms with van der Waals surface area (Å²) in [4.78, 5) is 22.4. The molecule has 2 aromatic rings. The van der Waals surface area contributed by atoms with Crippen molar-refractivity contribution in [2.24, 2.45) is 0 Å². The van der Waals surface area contributed by atoms with E-state index >= 15 is 0 Å². The van der Waals surface area contributed by atoms with E-state index in [1.165, 1.54) is 19.2 Å². The highest BCUT2D eigenvalue weighted by atomic mass is 32.1. The second kappa shape index (κ2) is 8.77. The molecule has 0 spiro atoms. The largest absolute Gasteiger partial charge is 0.490 e. The molecule has 0 aromatic heterocycles. The number of nitrogens with one attached hydrogen (secondary N) is 2. The second-order valence-electron chi connectivity index (χ2n) is 5.20. The van der Waals surface area contributed by atoms with Crippen LogP contribution in [0.15, 0.2) is 42.5 Å². The first-order chi connectivity index (χ1) is 12.4. The number of methoxy groups -OCH3 is 1. The molecule has 0 atom stereocenters. The third kappa shape index (κ3) is 5.15. The van der Waals surface area contributed by atoms with Gasteiger partial charge in [0.2, 0.25) is 0 Å². The van der Waals surface area contributed by atoms with Gasteiger partial charge in [0.05, 0.1) is 12.0 Å². The molecule has 0 fully saturated rings. The first-order valence-electron chi connectivity index (χ1n) is 7.52. The quantitative estimate of drug-likeness (QED) is 0.455. The molecule has 2 aromatic carbocycles. The minimum Gasteiger partial charge on any atom is -0.490 e. The highest BCUT2D eigenvalue weighted by molar-refractivity contribution is 7.80. The predicted octanol–water partition coefficient (Wildman–Crippen LogP) is 2.80. The van der Waals surface area contributed by atoms with Crippen LogP contribution in [0.3, 0.4) is 0 Å². The highest BCUT2D eigenvalue weighted by Crippen LogP contribution is 2.29. The Labute approximate surface area is 155 Å². The molecule has 26 heavy (non-hydrogen) atoms. The van der Waals surface area contributed by atoms with Gasteiger partial charge >= 0.3 is 5.69 Å². The van der Waals surface area contributed by atoms with Gasteiger partial charge in [0.15, 0.2) is 17.5 Å². The zero-order valence-corrected chi connectivity index (χ0v) is 15.0. The van der Waals surface area contributed by atoms with Crippen LogP contribution in [-0.4, -0.2) is 29.7 Å². The molecule has 0 unspecified atom stereocenters. The van der Waals surface area contributed by atoms with Crippen LogP contribution in [0.5, 0.6) is 11.5 Å². The van der Waals surface area contributed by atoms with E-state index in [4.69, 9.17) is 21.7 Å². The van der Waals surface area contributed by atoms with E-state index in [-0.39, 0.29) is 23.2 Å². The summed E-state index contributed by atoms with van der Waals surface area (Å²) in [6, 6.07) is 11.6. The molecule has 2 rings (SSSR count). The maximum atomic E-state index is 11.9. The summed E-state index contributed by atoms with van der Waals surface area (Å²) in [5, 5.41) is 16.2. The highest BCUT2D eigenvalue weighted by Gasteiger charge is 2.16. The molecule has 0 heterocycles. The molecule has 1 amide bonds. The molecule has 0 aliphatic rings. The number of carbonyl (C=O) groups is 1. The maximum absolute atomic E-state index is 11.9. The average molecular weight is 375 g/mol. The van der Waals surface area contributed by atoms with E-state index in [1.807, 2.05) is 25.1 Å². The maximum Gasteiger partial charge on any atom is 0.312 e. The normalized spacial score (nSPS) is 9.92. The van der Waals surface area contributed by atoms with Crippen LogP contribution in [0, 0.1) is 17.0 Å². The number of carbonyl (C=O) groups excluding carboxylic acids is 1. The van der Waals surface area contributed by atoms with Crippen LogP contribution in [0.4, 0.5) is 11.4 Å². The van der Waals surface area contributed by atoms with Crippen LogP contribution in [-0.2, 0) is 4.79 Å². The SMILES string of the molecule is COc1ccc(NC(=S)NC(=O)COc2ccccc2C)cc1[N+](=O)[O-]. The minimum atomic E-state index is -0.568. The van der Waals surface area contributed by atoms with Gasteiger partial charge in [-0.2, -0.15) is 0 Å². The summed E-state index contributed by atoms with van der Waals surface area (Å²) < 4.78 is 10.4. The smallest absolute Gasteiger partial charge is 0.312 e. The van der Waals surface area contributed by atoms with Crippen molar-refractivity contribution in [2.75, 3.05) is 19.0 Å². The van der Waals surface area contributed by atoms with Crippen LogP contribution in [0.2, 0.25) is 0 Å². The second-order valence-corrected chi connectivity index (χ2v) is 5.61. The number of ether oxygens (including phenoxy) is 2. The molecule has 0 saturated heterocycles. The van der Waals surface area contributed by atoms with E-state index in [0.29, 0.717) is 11.4 Å². The molecule has 2 N–H and O–H groups in total. The number of nitrogens with zero attached hydrogens (tertiary/aromatic N) is 1. The zero-order valence-electron chi connectivity index (χ0n) is 14.1. The molecule has 0 saturated carbocycles. The van der Waals surface area contributed by atoms with Gasteiger partial charge < -0.3 is 14.8 Å². The molecular weight excluding hydrogens is 358 g/mol. The standard InChI is InChI=1S/C17H17N3O5S/c1-11-5-3-4-6-14(11)25-10-16(21)19-17(26)18-12-7-8-15(24-2)13(9-12)20(22)23/h3-9H,10H2,1-2H3,(H2,18,19,21,26). The van der Waals surface area contributed by atoms with Gasteiger partial charge in [0, 0.05) is 11.8 Å². The Kier molecular flexibility index (Phi) is 6.45. The van der Waals surface area contributed by atoms with Crippen LogP contribution in [0.25, 0.3) is 0 Å². The molecule has 9 heteroatoms. The summed E-state index contributed by atoms with van der Waals surface area (Å²) in [5.74, 6) is 0.281. The Morgan fingerprint density at radius 2 is 1.96 bits per heavy atom. The summed E-state index contributed by atoms with van der Waals surface area (Å²) in [6.07, 6.45) is 0. The molecule has 0 bridgehead atoms. The van der Waals surface area contributed by atoms with Crippen molar-refractivity contribution in [1.82, 2.24) is 5.32 Å². The summed E-state index contributed by atoms with van der Waals surface area (Å²) >= 11 is 5.04. The van der Waals surface area contributed by atoms with Crippen molar-refractivity contribution in [3.63, 3.8) is 0 Å². The van der Waals surface area contributed by atoms with Crippen molar-refractivity contribution in [2.45, 2.75) is 6.92 Å². The first kappa shape index (κ1) is 19.1.